The smallest absolute Gasteiger partial charge is 0.137 e. The van der Waals surface area contributed by atoms with Gasteiger partial charge in [-0.25, -0.2) is 9.37 Å². The van der Waals surface area contributed by atoms with Gasteiger partial charge in [0.25, 0.3) is 0 Å². The first-order chi connectivity index (χ1) is 10.8. The maximum Gasteiger partial charge on any atom is 0.137 e. The minimum absolute atomic E-state index is 0.177. The van der Waals surface area contributed by atoms with E-state index in [1.807, 2.05) is 24.4 Å². The number of nitrogens with one attached hydrogen (secondary N) is 1. The van der Waals surface area contributed by atoms with Gasteiger partial charge in [-0.05, 0) is 55.3 Å². The Morgan fingerprint density at radius 2 is 2.09 bits per heavy atom. The SMILES string of the molecule is Fc1ccc(CN2CCCC2c2cc3cccnc3[nH]2)cc1. The second-order valence-corrected chi connectivity index (χ2v) is 5.92. The lowest BCUT2D eigenvalue weighted by atomic mass is 10.1. The van der Waals surface area contributed by atoms with E-state index in [2.05, 4.69) is 27.0 Å². The lowest BCUT2D eigenvalue weighted by molar-refractivity contribution is 0.245. The molecule has 1 aliphatic heterocycles. The normalized spacial score (nSPS) is 19.0. The Bertz CT molecular complexity index is 745. The number of fused-ring (bicyclic) bond motifs is 1. The molecule has 4 heteroatoms. The molecule has 2 aromatic heterocycles. The van der Waals surface area contributed by atoms with E-state index in [4.69, 9.17) is 0 Å². The van der Waals surface area contributed by atoms with E-state index in [0.29, 0.717) is 6.04 Å². The van der Waals surface area contributed by atoms with Crippen LogP contribution in [-0.2, 0) is 6.54 Å². The number of aromatic nitrogens is 2. The average Bonchev–Trinajstić information content (AvgIpc) is 3.15. The van der Waals surface area contributed by atoms with Crippen molar-refractivity contribution in [1.29, 1.82) is 0 Å². The topological polar surface area (TPSA) is 31.9 Å². The number of pyridine rings is 1. The molecule has 1 N–H and O–H groups in total. The third-order valence-corrected chi connectivity index (χ3v) is 4.43. The highest BCUT2D eigenvalue weighted by molar-refractivity contribution is 5.76. The summed E-state index contributed by atoms with van der Waals surface area (Å²) in [5.74, 6) is -0.177. The van der Waals surface area contributed by atoms with Gasteiger partial charge in [-0.1, -0.05) is 12.1 Å². The first kappa shape index (κ1) is 13.5. The fourth-order valence-corrected chi connectivity index (χ4v) is 3.35. The van der Waals surface area contributed by atoms with Crippen LogP contribution in [0.5, 0.6) is 0 Å². The van der Waals surface area contributed by atoms with Crippen LogP contribution in [0.1, 0.15) is 30.1 Å². The number of nitrogens with zero attached hydrogens (tertiary/aromatic N) is 2. The zero-order valence-electron chi connectivity index (χ0n) is 12.3. The minimum atomic E-state index is -0.177. The molecule has 3 heterocycles. The minimum Gasteiger partial charge on any atom is -0.342 e. The zero-order chi connectivity index (χ0) is 14.9. The van der Waals surface area contributed by atoms with Gasteiger partial charge >= 0.3 is 0 Å². The van der Waals surface area contributed by atoms with Crippen LogP contribution in [0.25, 0.3) is 11.0 Å². The summed E-state index contributed by atoms with van der Waals surface area (Å²) in [5, 5.41) is 1.16. The van der Waals surface area contributed by atoms with Gasteiger partial charge in [0.05, 0.1) is 6.04 Å². The molecule has 1 aromatic carbocycles. The molecule has 0 amide bonds. The highest BCUT2D eigenvalue weighted by atomic mass is 19.1. The molecule has 3 aromatic rings. The second-order valence-electron chi connectivity index (χ2n) is 5.92. The van der Waals surface area contributed by atoms with Crippen LogP contribution in [0.3, 0.4) is 0 Å². The van der Waals surface area contributed by atoms with Crippen molar-refractivity contribution >= 4 is 11.0 Å². The quantitative estimate of drug-likeness (QED) is 0.791. The molecule has 1 unspecified atom stereocenters. The van der Waals surface area contributed by atoms with Gasteiger partial charge in [-0.15, -0.1) is 0 Å². The van der Waals surface area contributed by atoms with Crippen molar-refractivity contribution in [2.75, 3.05) is 6.54 Å². The highest BCUT2D eigenvalue weighted by Crippen LogP contribution is 2.33. The summed E-state index contributed by atoms with van der Waals surface area (Å²) in [5.41, 5.74) is 3.34. The van der Waals surface area contributed by atoms with Crippen LogP contribution in [0.2, 0.25) is 0 Å². The maximum atomic E-state index is 13.0. The van der Waals surface area contributed by atoms with E-state index < -0.39 is 0 Å². The van der Waals surface area contributed by atoms with E-state index >= 15 is 0 Å². The number of rotatable bonds is 3. The van der Waals surface area contributed by atoms with E-state index in [9.17, 15) is 4.39 Å². The van der Waals surface area contributed by atoms with Gasteiger partial charge in [0.1, 0.15) is 11.5 Å². The van der Waals surface area contributed by atoms with Crippen molar-refractivity contribution < 1.29 is 4.39 Å². The summed E-state index contributed by atoms with van der Waals surface area (Å²) < 4.78 is 13.0. The molecule has 1 saturated heterocycles. The van der Waals surface area contributed by atoms with Crippen molar-refractivity contribution in [1.82, 2.24) is 14.9 Å². The number of benzene rings is 1. The van der Waals surface area contributed by atoms with Crippen LogP contribution in [0.15, 0.2) is 48.7 Å². The van der Waals surface area contributed by atoms with Crippen molar-refractivity contribution in [3.63, 3.8) is 0 Å². The molecular weight excluding hydrogens is 277 g/mol. The number of hydrogen-bond acceptors (Lipinski definition) is 2. The molecule has 0 radical (unpaired) electrons. The first-order valence-corrected chi connectivity index (χ1v) is 7.72. The molecule has 1 atom stereocenters. The van der Waals surface area contributed by atoms with Crippen LogP contribution in [-0.4, -0.2) is 21.4 Å². The van der Waals surface area contributed by atoms with Crippen LogP contribution in [0.4, 0.5) is 4.39 Å². The van der Waals surface area contributed by atoms with E-state index in [1.165, 1.54) is 24.2 Å². The summed E-state index contributed by atoms with van der Waals surface area (Å²) >= 11 is 0. The molecule has 1 fully saturated rings. The fraction of sp³-hybridized carbons (Fsp3) is 0.278. The Labute approximate surface area is 128 Å². The van der Waals surface area contributed by atoms with Gasteiger partial charge in [0.2, 0.25) is 0 Å². The van der Waals surface area contributed by atoms with E-state index in [1.54, 1.807) is 0 Å². The van der Waals surface area contributed by atoms with Gasteiger partial charge in [-0.2, -0.15) is 0 Å². The van der Waals surface area contributed by atoms with Gasteiger partial charge in [0, 0.05) is 23.8 Å². The number of halogens is 1. The Morgan fingerprint density at radius 1 is 1.23 bits per heavy atom. The average molecular weight is 295 g/mol. The molecule has 0 bridgehead atoms. The van der Waals surface area contributed by atoms with Crippen molar-refractivity contribution in [3.8, 4) is 0 Å². The molecule has 0 aliphatic carbocycles. The van der Waals surface area contributed by atoms with Crippen molar-refractivity contribution in [3.05, 3.63) is 65.7 Å². The van der Waals surface area contributed by atoms with Crippen LogP contribution in [0, 0.1) is 5.82 Å². The molecule has 22 heavy (non-hydrogen) atoms. The number of H-pyrrole nitrogens is 1. The Morgan fingerprint density at radius 3 is 2.91 bits per heavy atom. The maximum absolute atomic E-state index is 13.0. The third-order valence-electron chi connectivity index (χ3n) is 4.43. The molecule has 0 spiro atoms. The summed E-state index contributed by atoms with van der Waals surface area (Å²) in [7, 11) is 0. The molecule has 112 valence electrons. The molecule has 3 nitrogen and oxygen atoms in total. The van der Waals surface area contributed by atoms with Crippen LogP contribution < -0.4 is 0 Å². The third kappa shape index (κ3) is 2.50. The van der Waals surface area contributed by atoms with Crippen LogP contribution >= 0.6 is 0 Å². The van der Waals surface area contributed by atoms with Crippen molar-refractivity contribution in [2.24, 2.45) is 0 Å². The Kier molecular flexibility index (Phi) is 3.39. The number of hydrogen-bond donors (Lipinski definition) is 1. The highest BCUT2D eigenvalue weighted by Gasteiger charge is 2.27. The molecular formula is C18H18FN3. The summed E-state index contributed by atoms with van der Waals surface area (Å²) in [4.78, 5) is 10.3. The zero-order valence-corrected chi connectivity index (χ0v) is 12.3. The Hall–Kier alpha value is -2.20. The van der Waals surface area contributed by atoms with Crippen molar-refractivity contribution in [2.45, 2.75) is 25.4 Å². The summed E-state index contributed by atoms with van der Waals surface area (Å²) in [6.45, 7) is 1.93. The second kappa shape index (κ2) is 5.54. The predicted molar refractivity (Wildman–Crippen MR) is 84.9 cm³/mol. The summed E-state index contributed by atoms with van der Waals surface area (Å²) in [6.07, 6.45) is 4.15. The largest absolute Gasteiger partial charge is 0.342 e. The van der Waals surface area contributed by atoms with Gasteiger partial charge < -0.3 is 4.98 Å². The van der Waals surface area contributed by atoms with Gasteiger partial charge in [0.15, 0.2) is 0 Å². The Balaban J connectivity index is 1.58. The van der Waals surface area contributed by atoms with E-state index in [-0.39, 0.29) is 5.82 Å². The van der Waals surface area contributed by atoms with Gasteiger partial charge in [-0.3, -0.25) is 4.90 Å². The molecule has 4 rings (SSSR count). The summed E-state index contributed by atoms with van der Waals surface area (Å²) in [6, 6.07) is 13.5. The monoisotopic (exact) mass is 295 g/mol. The predicted octanol–water partition coefficient (Wildman–Crippen LogP) is 4.04. The first-order valence-electron chi connectivity index (χ1n) is 7.72. The van der Waals surface area contributed by atoms with E-state index in [0.717, 1.165) is 36.1 Å². The lowest BCUT2D eigenvalue weighted by Gasteiger charge is -2.23. The number of likely N-dealkylation sites (tertiary alicyclic amines) is 1. The fourth-order valence-electron chi connectivity index (χ4n) is 3.35. The standard InChI is InChI=1S/C18H18FN3/c19-15-7-5-13(6-8-15)12-22-10-2-4-17(22)16-11-14-3-1-9-20-18(14)21-16/h1,3,5-9,11,17H,2,4,10,12H2,(H,20,21). The molecule has 1 aliphatic rings. The number of aromatic amines is 1. The molecule has 0 saturated carbocycles. The lowest BCUT2D eigenvalue weighted by Crippen LogP contribution is -2.22.